The number of hydrogen-bond donors (Lipinski definition) is 1. The van der Waals surface area contributed by atoms with Gasteiger partial charge in [0.1, 0.15) is 0 Å². The molecule has 0 saturated carbocycles. The van der Waals surface area contributed by atoms with Gasteiger partial charge >= 0.3 is 5.97 Å². The number of ether oxygens (including phenoxy) is 1. The van der Waals surface area contributed by atoms with Crippen LogP contribution < -0.4 is 4.90 Å². The molecule has 2 atom stereocenters. The van der Waals surface area contributed by atoms with Crippen molar-refractivity contribution in [1.82, 2.24) is 4.90 Å². The maximum absolute atomic E-state index is 13.0. The number of piperidine rings is 1. The van der Waals surface area contributed by atoms with Gasteiger partial charge in [0.25, 0.3) is 5.91 Å². The fraction of sp³-hybridized carbons (Fsp3) is 0.550. The smallest absolute Gasteiger partial charge is 0.338 e. The molecule has 0 radical (unpaired) electrons. The standard InChI is InChI=1S/C20H26N2O5/c1-2-27-20(26)14-6-8-16(9-7-14)22-18(24)13-17(19(22)25)21-11-4-3-5-15(21)10-12-23/h6-9,15,17,23H,2-5,10-13H2,1H3/t15-,17-/m1/s1. The van der Waals surface area contributed by atoms with Gasteiger partial charge in [-0.1, -0.05) is 6.42 Å². The summed E-state index contributed by atoms with van der Waals surface area (Å²) >= 11 is 0. The molecule has 0 bridgehead atoms. The number of imide groups is 1. The molecule has 27 heavy (non-hydrogen) atoms. The minimum Gasteiger partial charge on any atom is -0.462 e. The number of amides is 2. The summed E-state index contributed by atoms with van der Waals surface area (Å²) in [7, 11) is 0. The van der Waals surface area contributed by atoms with Crippen molar-refractivity contribution < 1.29 is 24.2 Å². The van der Waals surface area contributed by atoms with Gasteiger partial charge in [0.2, 0.25) is 5.91 Å². The zero-order valence-electron chi connectivity index (χ0n) is 15.6. The molecule has 2 heterocycles. The molecular formula is C20H26N2O5. The number of likely N-dealkylation sites (tertiary alicyclic amines) is 1. The summed E-state index contributed by atoms with van der Waals surface area (Å²) < 4.78 is 4.95. The summed E-state index contributed by atoms with van der Waals surface area (Å²) in [6, 6.07) is 6.00. The molecule has 1 aromatic carbocycles. The maximum atomic E-state index is 13.0. The number of nitrogens with zero attached hydrogens (tertiary/aromatic N) is 2. The van der Waals surface area contributed by atoms with Crippen molar-refractivity contribution in [1.29, 1.82) is 0 Å². The number of carbonyl (C=O) groups is 3. The first-order valence-corrected chi connectivity index (χ1v) is 9.57. The van der Waals surface area contributed by atoms with Gasteiger partial charge in [-0.3, -0.25) is 14.5 Å². The number of anilines is 1. The number of aliphatic hydroxyl groups excluding tert-OH is 1. The summed E-state index contributed by atoms with van der Waals surface area (Å²) in [5.41, 5.74) is 0.853. The van der Waals surface area contributed by atoms with E-state index in [2.05, 4.69) is 4.90 Å². The van der Waals surface area contributed by atoms with Crippen LogP contribution in [0.15, 0.2) is 24.3 Å². The molecule has 2 saturated heterocycles. The van der Waals surface area contributed by atoms with Gasteiger partial charge in [-0.25, -0.2) is 9.69 Å². The first-order chi connectivity index (χ1) is 13.1. The molecule has 0 aromatic heterocycles. The summed E-state index contributed by atoms with van der Waals surface area (Å²) in [6.45, 7) is 2.87. The van der Waals surface area contributed by atoms with Crippen LogP contribution in [0.2, 0.25) is 0 Å². The predicted molar refractivity (Wildman–Crippen MR) is 99.3 cm³/mol. The van der Waals surface area contributed by atoms with Crippen LogP contribution in [-0.2, 0) is 14.3 Å². The molecule has 2 fully saturated rings. The van der Waals surface area contributed by atoms with Gasteiger partial charge in [-0.05, 0) is 57.0 Å². The second-order valence-electron chi connectivity index (χ2n) is 6.95. The highest BCUT2D eigenvalue weighted by Gasteiger charge is 2.44. The second-order valence-corrected chi connectivity index (χ2v) is 6.95. The van der Waals surface area contributed by atoms with E-state index in [1.54, 1.807) is 31.2 Å². The average Bonchev–Trinajstić information content (AvgIpc) is 2.97. The van der Waals surface area contributed by atoms with Crippen molar-refractivity contribution in [2.45, 2.75) is 51.1 Å². The minimum atomic E-state index is -0.473. The average molecular weight is 374 g/mol. The third-order valence-corrected chi connectivity index (χ3v) is 5.29. The van der Waals surface area contributed by atoms with Crippen LogP contribution in [0, 0.1) is 0 Å². The van der Waals surface area contributed by atoms with E-state index in [0.29, 0.717) is 17.7 Å². The summed E-state index contributed by atoms with van der Waals surface area (Å²) in [6.07, 6.45) is 3.78. The number of rotatable bonds is 6. The van der Waals surface area contributed by atoms with Crippen molar-refractivity contribution in [2.24, 2.45) is 0 Å². The Bertz CT molecular complexity index is 701. The van der Waals surface area contributed by atoms with E-state index in [0.717, 1.165) is 25.8 Å². The molecule has 2 aliphatic heterocycles. The lowest BCUT2D eigenvalue weighted by Crippen LogP contribution is -2.50. The normalized spacial score (nSPS) is 23.7. The van der Waals surface area contributed by atoms with Gasteiger partial charge in [0, 0.05) is 12.6 Å². The van der Waals surface area contributed by atoms with Crippen LogP contribution in [0.5, 0.6) is 0 Å². The fourth-order valence-corrected chi connectivity index (χ4v) is 4.00. The topological polar surface area (TPSA) is 87.2 Å². The lowest BCUT2D eigenvalue weighted by Gasteiger charge is -2.38. The third kappa shape index (κ3) is 4.04. The summed E-state index contributed by atoms with van der Waals surface area (Å²) in [5, 5.41) is 9.31. The molecule has 146 valence electrons. The van der Waals surface area contributed by atoms with Crippen molar-refractivity contribution in [2.75, 3.05) is 24.7 Å². The van der Waals surface area contributed by atoms with Crippen molar-refractivity contribution >= 4 is 23.5 Å². The number of carbonyl (C=O) groups excluding carboxylic acids is 3. The van der Waals surface area contributed by atoms with Crippen molar-refractivity contribution in [3.8, 4) is 0 Å². The molecule has 2 aliphatic rings. The lowest BCUT2D eigenvalue weighted by molar-refractivity contribution is -0.123. The summed E-state index contributed by atoms with van der Waals surface area (Å²) in [5.74, 6) is -0.892. The Morgan fingerprint density at radius 1 is 1.22 bits per heavy atom. The predicted octanol–water partition coefficient (Wildman–Crippen LogP) is 1.73. The van der Waals surface area contributed by atoms with Gasteiger partial charge < -0.3 is 9.84 Å². The Morgan fingerprint density at radius 2 is 1.96 bits per heavy atom. The van der Waals surface area contributed by atoms with Gasteiger partial charge in [-0.2, -0.15) is 0 Å². The first kappa shape index (κ1) is 19.5. The Balaban J connectivity index is 1.76. The molecule has 1 N–H and O–H groups in total. The molecule has 0 aliphatic carbocycles. The minimum absolute atomic E-state index is 0.0784. The Kier molecular flexibility index (Phi) is 6.23. The number of benzene rings is 1. The van der Waals surface area contributed by atoms with E-state index in [-0.39, 0.29) is 37.5 Å². The Labute approximate surface area is 158 Å². The molecule has 7 heteroatoms. The van der Waals surface area contributed by atoms with E-state index in [1.807, 2.05) is 0 Å². The van der Waals surface area contributed by atoms with Crippen LogP contribution in [0.4, 0.5) is 5.69 Å². The largest absolute Gasteiger partial charge is 0.462 e. The van der Waals surface area contributed by atoms with Gasteiger partial charge in [0.05, 0.1) is 30.3 Å². The summed E-state index contributed by atoms with van der Waals surface area (Å²) in [4.78, 5) is 40.6. The Hall–Kier alpha value is -2.25. The van der Waals surface area contributed by atoms with E-state index >= 15 is 0 Å². The number of hydrogen-bond acceptors (Lipinski definition) is 6. The van der Waals surface area contributed by atoms with Crippen LogP contribution in [0.25, 0.3) is 0 Å². The quantitative estimate of drug-likeness (QED) is 0.603. The SMILES string of the molecule is CCOC(=O)c1ccc(N2C(=O)C[C@@H](N3CCCC[C@@H]3CCO)C2=O)cc1. The second kappa shape index (κ2) is 8.63. The number of esters is 1. The molecule has 7 nitrogen and oxygen atoms in total. The van der Waals surface area contributed by atoms with Crippen LogP contribution >= 0.6 is 0 Å². The van der Waals surface area contributed by atoms with Crippen LogP contribution in [0.3, 0.4) is 0 Å². The molecule has 0 unspecified atom stereocenters. The maximum Gasteiger partial charge on any atom is 0.338 e. The van der Waals surface area contributed by atoms with Gasteiger partial charge in [-0.15, -0.1) is 0 Å². The monoisotopic (exact) mass is 374 g/mol. The number of aliphatic hydroxyl groups is 1. The van der Waals surface area contributed by atoms with E-state index in [4.69, 9.17) is 4.74 Å². The molecule has 3 rings (SSSR count). The van der Waals surface area contributed by atoms with Crippen LogP contribution in [0.1, 0.15) is 49.4 Å². The zero-order valence-corrected chi connectivity index (χ0v) is 15.6. The third-order valence-electron chi connectivity index (χ3n) is 5.29. The zero-order chi connectivity index (χ0) is 19.4. The van der Waals surface area contributed by atoms with Crippen LogP contribution in [-0.4, -0.2) is 59.6 Å². The highest BCUT2D eigenvalue weighted by Crippen LogP contribution is 2.30. The van der Waals surface area contributed by atoms with Gasteiger partial charge in [0.15, 0.2) is 0 Å². The van der Waals surface area contributed by atoms with Crippen molar-refractivity contribution in [3.05, 3.63) is 29.8 Å². The van der Waals surface area contributed by atoms with E-state index < -0.39 is 12.0 Å². The lowest BCUT2D eigenvalue weighted by atomic mass is 9.97. The van der Waals surface area contributed by atoms with E-state index in [1.165, 1.54) is 4.90 Å². The highest BCUT2D eigenvalue weighted by molar-refractivity contribution is 6.22. The van der Waals surface area contributed by atoms with Crippen molar-refractivity contribution in [3.63, 3.8) is 0 Å². The Morgan fingerprint density at radius 3 is 2.63 bits per heavy atom. The first-order valence-electron chi connectivity index (χ1n) is 9.57. The molecule has 0 spiro atoms. The molecule has 1 aromatic rings. The molecule has 2 amide bonds. The molecular weight excluding hydrogens is 348 g/mol. The fourth-order valence-electron chi connectivity index (χ4n) is 4.00. The highest BCUT2D eigenvalue weighted by atomic mass is 16.5. The van der Waals surface area contributed by atoms with E-state index in [9.17, 15) is 19.5 Å².